The summed E-state index contributed by atoms with van der Waals surface area (Å²) in [5, 5.41) is 4.67. The van der Waals surface area contributed by atoms with Gasteiger partial charge < -0.3 is 5.32 Å². The third-order valence-electron chi connectivity index (χ3n) is 5.08. The number of nitrogens with one attached hydrogen (secondary N) is 1. The van der Waals surface area contributed by atoms with E-state index < -0.39 is 0 Å². The van der Waals surface area contributed by atoms with Gasteiger partial charge in [0.05, 0.1) is 22.3 Å². The van der Waals surface area contributed by atoms with Gasteiger partial charge >= 0.3 is 0 Å². The number of hydrogen-bond acceptors (Lipinski definition) is 4. The second kappa shape index (κ2) is 10.0. The lowest BCUT2D eigenvalue weighted by atomic mass is 10.1. The number of hydrogen-bond donors (Lipinski definition) is 1. The number of aromatic nitrogens is 2. The van der Waals surface area contributed by atoms with Crippen LogP contribution >= 0.6 is 23.4 Å². The van der Waals surface area contributed by atoms with Crippen LogP contribution in [0.25, 0.3) is 16.6 Å². The van der Waals surface area contributed by atoms with Crippen molar-refractivity contribution >= 4 is 40.2 Å². The first-order valence-corrected chi connectivity index (χ1v) is 11.6. The Balaban J connectivity index is 1.52. The Bertz CT molecular complexity index is 1320. The van der Waals surface area contributed by atoms with Gasteiger partial charge in [0.15, 0.2) is 5.16 Å². The third kappa shape index (κ3) is 5.03. The number of amides is 1. The molecule has 162 valence electrons. The van der Waals surface area contributed by atoms with Gasteiger partial charge in [-0.05, 0) is 54.8 Å². The molecule has 0 aliphatic rings. The number of nitrogens with zero attached hydrogens (tertiary/aromatic N) is 2. The van der Waals surface area contributed by atoms with Crippen LogP contribution in [0.3, 0.4) is 0 Å². The highest BCUT2D eigenvalue weighted by molar-refractivity contribution is 7.99. The molecule has 0 radical (unpaired) electrons. The van der Waals surface area contributed by atoms with Crippen molar-refractivity contribution in [2.45, 2.75) is 18.5 Å². The zero-order valence-electron chi connectivity index (χ0n) is 17.5. The summed E-state index contributed by atoms with van der Waals surface area (Å²) in [5.74, 6) is 0.0554. The Morgan fingerprint density at radius 3 is 2.53 bits per heavy atom. The van der Waals surface area contributed by atoms with Gasteiger partial charge in [0.25, 0.3) is 5.56 Å². The van der Waals surface area contributed by atoms with E-state index in [2.05, 4.69) is 5.32 Å². The number of para-hydroxylation sites is 2. The zero-order chi connectivity index (χ0) is 22.5. The molecule has 0 atom stereocenters. The fourth-order valence-corrected chi connectivity index (χ4v) is 4.38. The quantitative estimate of drug-likeness (QED) is 0.316. The Kier molecular flexibility index (Phi) is 6.93. The second-order valence-electron chi connectivity index (χ2n) is 7.35. The maximum atomic E-state index is 13.3. The number of benzene rings is 3. The number of carbonyl (C=O) groups is 1. The van der Waals surface area contributed by atoms with Crippen LogP contribution in [0.4, 0.5) is 0 Å². The molecule has 4 aromatic rings. The van der Waals surface area contributed by atoms with Gasteiger partial charge in [0.1, 0.15) is 0 Å². The first-order valence-electron chi connectivity index (χ1n) is 10.2. The Morgan fingerprint density at radius 1 is 1.03 bits per heavy atom. The van der Waals surface area contributed by atoms with Crippen molar-refractivity contribution in [2.75, 3.05) is 12.3 Å². The van der Waals surface area contributed by atoms with Gasteiger partial charge in [-0.15, -0.1) is 0 Å². The predicted octanol–water partition coefficient (Wildman–Crippen LogP) is 4.80. The van der Waals surface area contributed by atoms with Crippen molar-refractivity contribution < 1.29 is 4.79 Å². The number of fused-ring (bicyclic) bond motifs is 1. The van der Waals surface area contributed by atoms with E-state index in [1.165, 1.54) is 11.8 Å². The summed E-state index contributed by atoms with van der Waals surface area (Å²) in [6, 6.07) is 22.5. The van der Waals surface area contributed by atoms with E-state index in [0.717, 1.165) is 23.2 Å². The lowest BCUT2D eigenvalue weighted by Gasteiger charge is -2.15. The molecule has 1 amide bonds. The van der Waals surface area contributed by atoms with E-state index in [4.69, 9.17) is 16.6 Å². The van der Waals surface area contributed by atoms with Crippen LogP contribution in [0.1, 0.15) is 11.1 Å². The second-order valence-corrected chi connectivity index (χ2v) is 8.73. The van der Waals surface area contributed by atoms with Crippen LogP contribution in [0, 0.1) is 6.92 Å². The van der Waals surface area contributed by atoms with Gasteiger partial charge in [-0.1, -0.05) is 65.8 Å². The summed E-state index contributed by atoms with van der Waals surface area (Å²) < 4.78 is 1.60. The monoisotopic (exact) mass is 463 g/mol. The summed E-state index contributed by atoms with van der Waals surface area (Å²) in [5.41, 5.74) is 3.30. The molecule has 3 aromatic carbocycles. The molecule has 1 N–H and O–H groups in total. The van der Waals surface area contributed by atoms with E-state index in [9.17, 15) is 9.59 Å². The molecule has 0 unspecified atom stereocenters. The maximum absolute atomic E-state index is 13.3. The molecule has 32 heavy (non-hydrogen) atoms. The molecule has 4 rings (SSSR count). The van der Waals surface area contributed by atoms with Crippen LogP contribution < -0.4 is 10.9 Å². The highest BCUT2D eigenvalue weighted by Gasteiger charge is 2.15. The SMILES string of the molecule is Cc1ccccc1-n1c(SCC(=O)NCCc2ccc(Cl)cc2)nc2ccccc2c1=O. The smallest absolute Gasteiger partial charge is 0.266 e. The molecule has 0 fully saturated rings. The summed E-state index contributed by atoms with van der Waals surface area (Å²) in [6.07, 6.45) is 0.718. The molecule has 0 saturated carbocycles. The van der Waals surface area contributed by atoms with Gasteiger partial charge in [0, 0.05) is 11.6 Å². The number of aryl methyl sites for hydroxylation is 1. The lowest BCUT2D eigenvalue weighted by molar-refractivity contribution is -0.118. The number of rotatable bonds is 7. The Labute approximate surface area is 195 Å². The van der Waals surface area contributed by atoms with Crippen LogP contribution in [-0.4, -0.2) is 27.8 Å². The Morgan fingerprint density at radius 2 is 1.75 bits per heavy atom. The fourth-order valence-electron chi connectivity index (χ4n) is 3.41. The summed E-state index contributed by atoms with van der Waals surface area (Å²) >= 11 is 7.17. The molecule has 5 nitrogen and oxygen atoms in total. The first kappa shape index (κ1) is 22.1. The van der Waals surface area contributed by atoms with E-state index in [1.54, 1.807) is 10.6 Å². The third-order valence-corrected chi connectivity index (χ3v) is 6.27. The molecule has 0 aliphatic carbocycles. The summed E-state index contributed by atoms with van der Waals surface area (Å²) in [7, 11) is 0. The van der Waals surface area contributed by atoms with E-state index in [0.29, 0.717) is 27.6 Å². The molecular weight excluding hydrogens is 442 g/mol. The highest BCUT2D eigenvalue weighted by atomic mass is 35.5. The average Bonchev–Trinajstić information content (AvgIpc) is 2.80. The predicted molar refractivity (Wildman–Crippen MR) is 131 cm³/mol. The highest BCUT2D eigenvalue weighted by Crippen LogP contribution is 2.23. The topological polar surface area (TPSA) is 64.0 Å². The first-order chi connectivity index (χ1) is 15.5. The number of carbonyl (C=O) groups excluding carboxylic acids is 1. The molecule has 0 saturated heterocycles. The van der Waals surface area contributed by atoms with Gasteiger partial charge in [-0.2, -0.15) is 0 Å². The van der Waals surface area contributed by atoms with E-state index in [-0.39, 0.29) is 17.2 Å². The van der Waals surface area contributed by atoms with Crippen LogP contribution in [0.5, 0.6) is 0 Å². The summed E-state index contributed by atoms with van der Waals surface area (Å²) in [6.45, 7) is 2.48. The van der Waals surface area contributed by atoms with Crippen LogP contribution in [0.2, 0.25) is 5.02 Å². The zero-order valence-corrected chi connectivity index (χ0v) is 19.1. The normalized spacial score (nSPS) is 10.9. The van der Waals surface area contributed by atoms with Crippen LogP contribution in [0.15, 0.2) is 82.7 Å². The molecular formula is C25H22ClN3O2S. The lowest BCUT2D eigenvalue weighted by Crippen LogP contribution is -2.28. The van der Waals surface area contributed by atoms with Crippen molar-refractivity contribution in [1.82, 2.24) is 14.9 Å². The molecule has 1 aromatic heterocycles. The van der Waals surface area contributed by atoms with Crippen molar-refractivity contribution in [1.29, 1.82) is 0 Å². The maximum Gasteiger partial charge on any atom is 0.266 e. The van der Waals surface area contributed by atoms with E-state index >= 15 is 0 Å². The number of thioether (sulfide) groups is 1. The van der Waals surface area contributed by atoms with Crippen molar-refractivity contribution in [3.63, 3.8) is 0 Å². The minimum Gasteiger partial charge on any atom is -0.355 e. The standard InChI is InChI=1S/C25H22ClN3O2S/c1-17-6-2-5-9-22(17)29-24(31)20-7-3-4-8-21(20)28-25(29)32-16-23(30)27-15-14-18-10-12-19(26)13-11-18/h2-13H,14-16H2,1H3,(H,27,30). The van der Waals surface area contributed by atoms with Gasteiger partial charge in [0.2, 0.25) is 5.91 Å². The molecule has 1 heterocycles. The van der Waals surface area contributed by atoms with E-state index in [1.807, 2.05) is 73.7 Å². The average molecular weight is 464 g/mol. The summed E-state index contributed by atoms with van der Waals surface area (Å²) in [4.78, 5) is 30.4. The molecule has 7 heteroatoms. The molecule has 0 aliphatic heterocycles. The van der Waals surface area contributed by atoms with Crippen molar-refractivity contribution in [3.05, 3.63) is 99.3 Å². The van der Waals surface area contributed by atoms with Gasteiger partial charge in [-0.25, -0.2) is 4.98 Å². The molecule has 0 spiro atoms. The molecule has 0 bridgehead atoms. The van der Waals surface area contributed by atoms with Crippen molar-refractivity contribution in [3.8, 4) is 5.69 Å². The van der Waals surface area contributed by atoms with Gasteiger partial charge in [-0.3, -0.25) is 14.2 Å². The number of halogens is 1. The Hall–Kier alpha value is -3.09. The van der Waals surface area contributed by atoms with Crippen molar-refractivity contribution in [2.24, 2.45) is 0 Å². The minimum absolute atomic E-state index is 0.109. The van der Waals surface area contributed by atoms with Crippen LogP contribution in [-0.2, 0) is 11.2 Å². The fraction of sp³-hybridized carbons (Fsp3) is 0.160. The largest absolute Gasteiger partial charge is 0.355 e. The minimum atomic E-state index is -0.143.